The SMILES string of the molecule is COC(=O)C(CN)Cc1ccccc1C(F)(F)F. The van der Waals surface area contributed by atoms with Gasteiger partial charge in [-0.05, 0) is 18.1 Å². The van der Waals surface area contributed by atoms with Crippen LogP contribution in [0.5, 0.6) is 0 Å². The molecule has 1 atom stereocenters. The minimum atomic E-state index is -4.44. The Labute approximate surface area is 103 Å². The monoisotopic (exact) mass is 261 g/mol. The van der Waals surface area contributed by atoms with Crippen LogP contribution in [-0.4, -0.2) is 19.6 Å². The highest BCUT2D eigenvalue weighted by atomic mass is 19.4. The van der Waals surface area contributed by atoms with E-state index >= 15 is 0 Å². The Hall–Kier alpha value is -1.56. The topological polar surface area (TPSA) is 52.3 Å². The molecule has 1 rings (SSSR count). The molecule has 0 amide bonds. The van der Waals surface area contributed by atoms with Gasteiger partial charge in [-0.15, -0.1) is 0 Å². The molecule has 1 aromatic rings. The highest BCUT2D eigenvalue weighted by Gasteiger charge is 2.34. The second kappa shape index (κ2) is 5.86. The van der Waals surface area contributed by atoms with Crippen LogP contribution in [0.1, 0.15) is 11.1 Å². The maximum atomic E-state index is 12.7. The fourth-order valence-corrected chi connectivity index (χ4v) is 1.67. The van der Waals surface area contributed by atoms with Gasteiger partial charge in [0.25, 0.3) is 0 Å². The van der Waals surface area contributed by atoms with Crippen molar-refractivity contribution in [2.45, 2.75) is 12.6 Å². The molecule has 0 aromatic heterocycles. The number of carbonyl (C=O) groups excluding carboxylic acids is 1. The van der Waals surface area contributed by atoms with Crippen molar-refractivity contribution in [3.05, 3.63) is 35.4 Å². The van der Waals surface area contributed by atoms with Crippen molar-refractivity contribution in [1.82, 2.24) is 0 Å². The highest BCUT2D eigenvalue weighted by molar-refractivity contribution is 5.73. The summed E-state index contributed by atoms with van der Waals surface area (Å²) in [5, 5.41) is 0. The quantitative estimate of drug-likeness (QED) is 0.843. The lowest BCUT2D eigenvalue weighted by atomic mass is 9.95. The summed E-state index contributed by atoms with van der Waals surface area (Å²) < 4.78 is 42.7. The molecule has 1 unspecified atom stereocenters. The van der Waals surface area contributed by atoms with E-state index in [1.54, 1.807) is 0 Å². The Kier molecular flexibility index (Phi) is 4.72. The Morgan fingerprint density at radius 3 is 2.50 bits per heavy atom. The van der Waals surface area contributed by atoms with Crippen LogP contribution in [0.3, 0.4) is 0 Å². The molecular formula is C12H14F3NO2. The van der Waals surface area contributed by atoms with Gasteiger partial charge in [0.2, 0.25) is 0 Å². The zero-order valence-electron chi connectivity index (χ0n) is 9.83. The van der Waals surface area contributed by atoms with Gasteiger partial charge in [-0.3, -0.25) is 4.79 Å². The van der Waals surface area contributed by atoms with Gasteiger partial charge in [-0.25, -0.2) is 0 Å². The highest BCUT2D eigenvalue weighted by Crippen LogP contribution is 2.32. The van der Waals surface area contributed by atoms with E-state index in [0.29, 0.717) is 0 Å². The molecule has 0 spiro atoms. The number of methoxy groups -OCH3 is 1. The van der Waals surface area contributed by atoms with Crippen molar-refractivity contribution in [2.75, 3.05) is 13.7 Å². The van der Waals surface area contributed by atoms with Crippen molar-refractivity contribution in [3.8, 4) is 0 Å². The summed E-state index contributed by atoms with van der Waals surface area (Å²) in [6.07, 6.45) is -4.52. The Balaban J connectivity index is 3.00. The number of benzene rings is 1. The molecule has 100 valence electrons. The molecule has 3 nitrogen and oxygen atoms in total. The molecule has 0 radical (unpaired) electrons. The zero-order valence-corrected chi connectivity index (χ0v) is 9.83. The first-order valence-corrected chi connectivity index (χ1v) is 5.33. The smallest absolute Gasteiger partial charge is 0.416 e. The van der Waals surface area contributed by atoms with Gasteiger partial charge in [-0.2, -0.15) is 13.2 Å². The van der Waals surface area contributed by atoms with Crippen molar-refractivity contribution in [1.29, 1.82) is 0 Å². The van der Waals surface area contributed by atoms with Crippen LogP contribution in [0.4, 0.5) is 13.2 Å². The van der Waals surface area contributed by atoms with Crippen molar-refractivity contribution >= 4 is 5.97 Å². The van der Waals surface area contributed by atoms with Gasteiger partial charge in [0.05, 0.1) is 18.6 Å². The van der Waals surface area contributed by atoms with Crippen LogP contribution in [0, 0.1) is 5.92 Å². The van der Waals surface area contributed by atoms with Gasteiger partial charge >= 0.3 is 12.1 Å². The van der Waals surface area contributed by atoms with E-state index in [1.165, 1.54) is 25.3 Å². The van der Waals surface area contributed by atoms with Gasteiger partial charge in [0, 0.05) is 6.54 Å². The molecule has 0 aliphatic carbocycles. The first kappa shape index (κ1) is 14.5. The molecule has 0 heterocycles. The second-order valence-electron chi connectivity index (χ2n) is 3.81. The molecule has 0 bridgehead atoms. The summed E-state index contributed by atoms with van der Waals surface area (Å²) in [6.45, 7) is -0.0567. The Morgan fingerprint density at radius 2 is 2.00 bits per heavy atom. The number of nitrogens with two attached hydrogens (primary N) is 1. The molecule has 0 aliphatic heterocycles. The molecular weight excluding hydrogens is 247 g/mol. The largest absolute Gasteiger partial charge is 0.469 e. The van der Waals surface area contributed by atoms with Gasteiger partial charge in [-0.1, -0.05) is 18.2 Å². The molecule has 0 saturated carbocycles. The molecule has 0 aliphatic rings. The average molecular weight is 261 g/mol. The van der Waals surface area contributed by atoms with Crippen molar-refractivity contribution < 1.29 is 22.7 Å². The van der Waals surface area contributed by atoms with E-state index in [9.17, 15) is 18.0 Å². The standard InChI is InChI=1S/C12H14F3NO2/c1-18-11(17)9(7-16)6-8-4-2-3-5-10(8)12(13,14)15/h2-5,9H,6-7,16H2,1H3. The third kappa shape index (κ3) is 3.46. The second-order valence-corrected chi connectivity index (χ2v) is 3.81. The third-order valence-electron chi connectivity index (χ3n) is 2.61. The summed E-state index contributed by atoms with van der Waals surface area (Å²) in [6, 6.07) is 5.13. The Bertz CT molecular complexity index is 418. The third-order valence-corrected chi connectivity index (χ3v) is 2.61. The average Bonchev–Trinajstić information content (AvgIpc) is 2.34. The van der Waals surface area contributed by atoms with Crippen LogP contribution in [0.25, 0.3) is 0 Å². The fourth-order valence-electron chi connectivity index (χ4n) is 1.67. The lowest BCUT2D eigenvalue weighted by molar-refractivity contribution is -0.146. The minimum absolute atomic E-state index is 0.0471. The van der Waals surface area contributed by atoms with Crippen LogP contribution in [0.15, 0.2) is 24.3 Å². The summed E-state index contributed by atoms with van der Waals surface area (Å²) in [5.41, 5.74) is 4.68. The maximum absolute atomic E-state index is 12.7. The molecule has 0 fully saturated rings. The van der Waals surface area contributed by atoms with E-state index in [4.69, 9.17) is 5.73 Å². The Morgan fingerprint density at radius 1 is 1.39 bits per heavy atom. The van der Waals surface area contributed by atoms with Gasteiger partial charge < -0.3 is 10.5 Å². The maximum Gasteiger partial charge on any atom is 0.416 e. The summed E-state index contributed by atoms with van der Waals surface area (Å²) in [4.78, 5) is 11.3. The first-order valence-electron chi connectivity index (χ1n) is 5.33. The van der Waals surface area contributed by atoms with Crippen LogP contribution in [-0.2, 0) is 22.1 Å². The van der Waals surface area contributed by atoms with Gasteiger partial charge in [0.1, 0.15) is 0 Å². The fraction of sp³-hybridized carbons (Fsp3) is 0.417. The van der Waals surface area contributed by atoms with Crippen LogP contribution in [0.2, 0.25) is 0 Å². The lowest BCUT2D eigenvalue weighted by Crippen LogP contribution is -2.27. The van der Waals surface area contributed by atoms with Crippen LogP contribution >= 0.6 is 0 Å². The van der Waals surface area contributed by atoms with Crippen LogP contribution < -0.4 is 5.73 Å². The number of halogens is 3. The van der Waals surface area contributed by atoms with Crippen molar-refractivity contribution in [2.24, 2.45) is 11.7 Å². The number of ether oxygens (including phenoxy) is 1. The van der Waals surface area contributed by atoms with E-state index < -0.39 is 23.6 Å². The number of esters is 1. The molecule has 2 N–H and O–H groups in total. The predicted octanol–water partition coefficient (Wildman–Crippen LogP) is 2.00. The molecule has 6 heteroatoms. The van der Waals surface area contributed by atoms with E-state index in [1.807, 2.05) is 0 Å². The summed E-state index contributed by atoms with van der Waals surface area (Å²) >= 11 is 0. The van der Waals surface area contributed by atoms with Crippen molar-refractivity contribution in [3.63, 3.8) is 0 Å². The number of carbonyl (C=O) groups is 1. The summed E-state index contributed by atoms with van der Waals surface area (Å²) in [7, 11) is 1.18. The zero-order chi connectivity index (χ0) is 13.8. The number of hydrogen-bond acceptors (Lipinski definition) is 3. The lowest BCUT2D eigenvalue weighted by Gasteiger charge is -2.16. The summed E-state index contributed by atoms with van der Waals surface area (Å²) in [5.74, 6) is -1.37. The normalized spacial score (nSPS) is 13.2. The molecule has 0 saturated heterocycles. The molecule has 18 heavy (non-hydrogen) atoms. The van der Waals surface area contributed by atoms with E-state index in [2.05, 4.69) is 4.74 Å². The van der Waals surface area contributed by atoms with Gasteiger partial charge in [0.15, 0.2) is 0 Å². The number of rotatable bonds is 4. The molecule has 1 aromatic carbocycles. The van der Waals surface area contributed by atoms with E-state index in [0.717, 1.165) is 6.07 Å². The minimum Gasteiger partial charge on any atom is -0.469 e. The number of hydrogen-bond donors (Lipinski definition) is 1. The first-order chi connectivity index (χ1) is 8.40. The van der Waals surface area contributed by atoms with E-state index in [-0.39, 0.29) is 18.5 Å². The predicted molar refractivity (Wildman–Crippen MR) is 59.7 cm³/mol. The number of alkyl halides is 3.